The van der Waals surface area contributed by atoms with Gasteiger partial charge < -0.3 is 0 Å². The summed E-state index contributed by atoms with van der Waals surface area (Å²) in [7, 11) is -3.75. The Bertz CT molecular complexity index is 781. The number of halogens is 3. The number of benzene rings is 2. The first kappa shape index (κ1) is 16.7. The van der Waals surface area contributed by atoms with Gasteiger partial charge in [0.05, 0.1) is 4.90 Å². The molecule has 1 N–H and O–H groups in total. The zero-order valence-corrected chi connectivity index (χ0v) is 14.8. The predicted molar refractivity (Wildman–Crippen MR) is 89.3 cm³/mol. The summed E-state index contributed by atoms with van der Waals surface area (Å²) in [6, 6.07) is 9.03. The second-order valence-electron chi connectivity index (χ2n) is 4.47. The average Bonchev–Trinajstić information content (AvgIpc) is 2.40. The number of hydrogen-bond acceptors (Lipinski definition) is 2. The van der Waals surface area contributed by atoms with Crippen LogP contribution < -0.4 is 4.72 Å². The SMILES string of the molecule is Cc1ccc(S(=O)(=O)NCc2ccc(Cl)cc2I)cc1F. The quantitative estimate of drug-likeness (QED) is 0.735. The summed E-state index contributed by atoms with van der Waals surface area (Å²) in [5.74, 6) is -0.543. The van der Waals surface area contributed by atoms with Crippen molar-refractivity contribution in [3.05, 3.63) is 61.9 Å². The van der Waals surface area contributed by atoms with Crippen molar-refractivity contribution in [2.75, 3.05) is 0 Å². The van der Waals surface area contributed by atoms with E-state index in [1.807, 2.05) is 0 Å². The third-order valence-corrected chi connectivity index (χ3v) is 5.56. The highest BCUT2D eigenvalue weighted by molar-refractivity contribution is 14.1. The summed E-state index contributed by atoms with van der Waals surface area (Å²) in [4.78, 5) is -0.0884. The normalized spacial score (nSPS) is 11.6. The molecule has 0 amide bonds. The number of rotatable bonds is 4. The molecule has 0 radical (unpaired) electrons. The van der Waals surface area contributed by atoms with Crippen LogP contribution in [0.5, 0.6) is 0 Å². The van der Waals surface area contributed by atoms with Gasteiger partial charge in [0.2, 0.25) is 10.0 Å². The van der Waals surface area contributed by atoms with Crippen LogP contribution in [-0.4, -0.2) is 8.42 Å². The van der Waals surface area contributed by atoms with Crippen LogP contribution in [0.15, 0.2) is 41.3 Å². The summed E-state index contributed by atoms with van der Waals surface area (Å²) in [5, 5.41) is 0.589. The fourth-order valence-corrected chi connectivity index (χ4v) is 3.74. The summed E-state index contributed by atoms with van der Waals surface area (Å²) < 4.78 is 41.1. The highest BCUT2D eigenvalue weighted by Gasteiger charge is 2.16. The molecule has 3 nitrogen and oxygen atoms in total. The lowest BCUT2D eigenvalue weighted by Crippen LogP contribution is -2.23. The molecule has 21 heavy (non-hydrogen) atoms. The van der Waals surface area contributed by atoms with Crippen molar-refractivity contribution in [3.63, 3.8) is 0 Å². The second-order valence-corrected chi connectivity index (χ2v) is 7.84. The average molecular weight is 440 g/mol. The first-order valence-corrected chi connectivity index (χ1v) is 8.93. The Morgan fingerprint density at radius 1 is 1.24 bits per heavy atom. The van der Waals surface area contributed by atoms with E-state index < -0.39 is 15.8 Å². The molecule has 0 spiro atoms. The van der Waals surface area contributed by atoms with Crippen molar-refractivity contribution in [2.45, 2.75) is 18.4 Å². The van der Waals surface area contributed by atoms with Crippen LogP contribution in [0.2, 0.25) is 5.02 Å². The van der Waals surface area contributed by atoms with Gasteiger partial charge in [-0.1, -0.05) is 23.7 Å². The van der Waals surface area contributed by atoms with E-state index in [2.05, 4.69) is 27.3 Å². The standard InChI is InChI=1S/C14H12ClFINO2S/c1-9-2-5-12(7-13(9)16)21(19,20)18-8-10-3-4-11(15)6-14(10)17/h2-7,18H,8H2,1H3. The van der Waals surface area contributed by atoms with E-state index in [-0.39, 0.29) is 11.4 Å². The minimum Gasteiger partial charge on any atom is -0.207 e. The molecule has 112 valence electrons. The maximum Gasteiger partial charge on any atom is 0.240 e. The van der Waals surface area contributed by atoms with E-state index in [1.165, 1.54) is 12.1 Å². The lowest BCUT2D eigenvalue weighted by molar-refractivity contribution is 0.576. The molecule has 0 atom stereocenters. The molecule has 2 rings (SSSR count). The molecule has 0 aromatic heterocycles. The third-order valence-electron chi connectivity index (χ3n) is 2.92. The monoisotopic (exact) mass is 439 g/mol. The maximum atomic E-state index is 13.5. The van der Waals surface area contributed by atoms with Crippen LogP contribution in [0.3, 0.4) is 0 Å². The summed E-state index contributed by atoms with van der Waals surface area (Å²) in [6.45, 7) is 1.70. The molecule has 0 aliphatic rings. The topological polar surface area (TPSA) is 46.2 Å². The number of nitrogens with one attached hydrogen (secondary N) is 1. The fraction of sp³-hybridized carbons (Fsp3) is 0.143. The van der Waals surface area contributed by atoms with Gasteiger partial charge >= 0.3 is 0 Å². The van der Waals surface area contributed by atoms with Crippen molar-refractivity contribution < 1.29 is 12.8 Å². The van der Waals surface area contributed by atoms with Crippen molar-refractivity contribution in [1.29, 1.82) is 0 Å². The minimum absolute atomic E-state index is 0.0884. The van der Waals surface area contributed by atoms with Gasteiger partial charge in [-0.05, 0) is 64.9 Å². The molecule has 0 saturated heterocycles. The second kappa shape index (κ2) is 6.60. The molecule has 0 aliphatic carbocycles. The molecule has 0 saturated carbocycles. The largest absolute Gasteiger partial charge is 0.240 e. The van der Waals surface area contributed by atoms with Crippen molar-refractivity contribution in [1.82, 2.24) is 4.72 Å². The highest BCUT2D eigenvalue weighted by atomic mass is 127. The van der Waals surface area contributed by atoms with E-state index in [0.717, 1.165) is 15.2 Å². The Kier molecular flexibility index (Phi) is 5.24. The number of aryl methyl sites for hydroxylation is 1. The van der Waals surface area contributed by atoms with E-state index in [0.29, 0.717) is 10.6 Å². The molecule has 0 heterocycles. The Hall–Kier alpha value is -0.700. The van der Waals surface area contributed by atoms with Crippen LogP contribution >= 0.6 is 34.2 Å². The van der Waals surface area contributed by atoms with Gasteiger partial charge in [0, 0.05) is 15.1 Å². The van der Waals surface area contributed by atoms with Gasteiger partial charge in [-0.25, -0.2) is 17.5 Å². The van der Waals surface area contributed by atoms with E-state index >= 15 is 0 Å². The molecule has 0 aliphatic heterocycles. The Morgan fingerprint density at radius 3 is 2.57 bits per heavy atom. The molecule has 2 aromatic rings. The number of hydrogen-bond donors (Lipinski definition) is 1. The molecular formula is C14H12ClFINO2S. The van der Waals surface area contributed by atoms with Crippen LogP contribution in [0.25, 0.3) is 0 Å². The van der Waals surface area contributed by atoms with Gasteiger partial charge in [-0.3, -0.25) is 0 Å². The molecule has 7 heteroatoms. The van der Waals surface area contributed by atoms with E-state index in [4.69, 9.17) is 11.6 Å². The van der Waals surface area contributed by atoms with E-state index in [1.54, 1.807) is 25.1 Å². The van der Waals surface area contributed by atoms with Gasteiger partial charge in [-0.15, -0.1) is 0 Å². The summed E-state index contributed by atoms with van der Waals surface area (Å²) in [6.07, 6.45) is 0. The Labute approximate surface area is 141 Å². The fourth-order valence-electron chi connectivity index (χ4n) is 1.66. The third kappa shape index (κ3) is 4.15. The molecular weight excluding hydrogens is 428 g/mol. The van der Waals surface area contributed by atoms with Gasteiger partial charge in [0.15, 0.2) is 0 Å². The smallest absolute Gasteiger partial charge is 0.207 e. The molecule has 0 bridgehead atoms. The first-order valence-electron chi connectivity index (χ1n) is 5.99. The maximum absolute atomic E-state index is 13.5. The Morgan fingerprint density at radius 2 is 1.95 bits per heavy atom. The van der Waals surface area contributed by atoms with Crippen LogP contribution in [-0.2, 0) is 16.6 Å². The van der Waals surface area contributed by atoms with Gasteiger partial charge in [0.1, 0.15) is 5.82 Å². The minimum atomic E-state index is -3.75. The van der Waals surface area contributed by atoms with Crippen molar-refractivity contribution >= 4 is 44.2 Å². The highest BCUT2D eigenvalue weighted by Crippen LogP contribution is 2.19. The molecule has 0 fully saturated rings. The van der Waals surface area contributed by atoms with Crippen molar-refractivity contribution in [3.8, 4) is 0 Å². The van der Waals surface area contributed by atoms with Crippen molar-refractivity contribution in [2.24, 2.45) is 0 Å². The van der Waals surface area contributed by atoms with Crippen LogP contribution in [0.4, 0.5) is 4.39 Å². The summed E-state index contributed by atoms with van der Waals surface area (Å²) in [5.41, 5.74) is 1.21. The van der Waals surface area contributed by atoms with Crippen LogP contribution in [0.1, 0.15) is 11.1 Å². The Balaban J connectivity index is 2.19. The zero-order valence-electron chi connectivity index (χ0n) is 11.0. The first-order chi connectivity index (χ1) is 9.79. The van der Waals surface area contributed by atoms with Gasteiger partial charge in [-0.2, -0.15) is 0 Å². The lowest BCUT2D eigenvalue weighted by Gasteiger charge is -2.09. The predicted octanol–water partition coefficient (Wildman–Crippen LogP) is 3.87. The number of sulfonamides is 1. The van der Waals surface area contributed by atoms with Crippen LogP contribution in [0, 0.1) is 16.3 Å². The summed E-state index contributed by atoms with van der Waals surface area (Å²) >= 11 is 7.93. The van der Waals surface area contributed by atoms with Gasteiger partial charge in [0.25, 0.3) is 0 Å². The molecule has 2 aromatic carbocycles. The zero-order chi connectivity index (χ0) is 15.6. The lowest BCUT2D eigenvalue weighted by atomic mass is 10.2. The van der Waals surface area contributed by atoms with E-state index in [9.17, 15) is 12.8 Å². The molecule has 0 unspecified atom stereocenters.